The fourth-order valence-electron chi connectivity index (χ4n) is 4.22. The van der Waals surface area contributed by atoms with Crippen molar-refractivity contribution in [2.45, 2.75) is 38.3 Å². The molecule has 1 saturated carbocycles. The van der Waals surface area contributed by atoms with Crippen LogP contribution in [0.25, 0.3) is 0 Å². The number of aromatic nitrogens is 2. The SMILES string of the molecule is Cc1cc(Cc2cccc(Cl)c2)sc1C(=O)c1cncnc1N[C@@H]1C[C@H](COS(N)(=O)=O)[C@@H](O)C1. The number of nitrogens with two attached hydrogens (primary N) is 1. The lowest BCUT2D eigenvalue weighted by molar-refractivity contribution is 0.101. The molecule has 12 heteroatoms. The molecular formula is C23H25ClN4O5S2. The van der Waals surface area contributed by atoms with E-state index < -0.39 is 22.3 Å². The normalized spacial score (nSPS) is 20.2. The van der Waals surface area contributed by atoms with E-state index in [0.717, 1.165) is 16.0 Å². The number of halogens is 1. The van der Waals surface area contributed by atoms with Crippen molar-refractivity contribution in [1.82, 2.24) is 9.97 Å². The summed E-state index contributed by atoms with van der Waals surface area (Å²) in [6.45, 7) is 1.68. The Hall–Kier alpha value is -2.41. The molecule has 4 rings (SSSR count). The van der Waals surface area contributed by atoms with Crippen LogP contribution in [0.5, 0.6) is 0 Å². The molecule has 0 unspecified atom stereocenters. The monoisotopic (exact) mass is 536 g/mol. The lowest BCUT2D eigenvalue weighted by atomic mass is 10.1. The fraction of sp³-hybridized carbons (Fsp3) is 0.348. The molecular weight excluding hydrogens is 512 g/mol. The van der Waals surface area contributed by atoms with Crippen molar-refractivity contribution < 1.29 is 22.5 Å². The van der Waals surface area contributed by atoms with Crippen LogP contribution < -0.4 is 10.5 Å². The van der Waals surface area contributed by atoms with Crippen LogP contribution >= 0.6 is 22.9 Å². The zero-order valence-corrected chi connectivity index (χ0v) is 21.2. The molecule has 3 aromatic rings. The van der Waals surface area contributed by atoms with Crippen molar-refractivity contribution in [3.8, 4) is 0 Å². The smallest absolute Gasteiger partial charge is 0.333 e. The number of hydrogen-bond acceptors (Lipinski definition) is 9. The third kappa shape index (κ3) is 6.63. The second-order valence-corrected chi connectivity index (χ2v) is 11.4. The number of carbonyl (C=O) groups excluding carboxylic acids is 1. The number of rotatable bonds is 9. The summed E-state index contributed by atoms with van der Waals surface area (Å²) in [5.74, 6) is -0.250. The minimum atomic E-state index is -4.09. The predicted octanol–water partition coefficient (Wildman–Crippen LogP) is 3.09. The number of carbonyl (C=O) groups is 1. The number of thiophene rings is 1. The summed E-state index contributed by atoms with van der Waals surface area (Å²) in [6.07, 6.45) is 3.48. The molecule has 1 fully saturated rings. The molecule has 9 nitrogen and oxygen atoms in total. The molecule has 186 valence electrons. The first-order chi connectivity index (χ1) is 16.6. The Balaban J connectivity index is 1.48. The summed E-state index contributed by atoms with van der Waals surface area (Å²) >= 11 is 7.52. The van der Waals surface area contributed by atoms with Gasteiger partial charge in [0, 0.05) is 34.5 Å². The molecule has 3 atom stereocenters. The van der Waals surface area contributed by atoms with E-state index in [1.165, 1.54) is 23.9 Å². The van der Waals surface area contributed by atoms with Crippen LogP contribution in [-0.4, -0.2) is 48.0 Å². The van der Waals surface area contributed by atoms with E-state index in [4.69, 9.17) is 16.7 Å². The maximum atomic E-state index is 13.4. The van der Waals surface area contributed by atoms with Gasteiger partial charge in [-0.05, 0) is 49.1 Å². The quantitative estimate of drug-likeness (QED) is 0.354. The van der Waals surface area contributed by atoms with E-state index in [2.05, 4.69) is 19.5 Å². The fourth-order valence-corrected chi connectivity index (χ4v) is 5.95. The number of aliphatic hydroxyl groups excluding tert-OH is 1. The molecule has 0 spiro atoms. The Morgan fingerprint density at radius 3 is 2.89 bits per heavy atom. The van der Waals surface area contributed by atoms with Crippen LogP contribution in [-0.2, 0) is 20.9 Å². The van der Waals surface area contributed by atoms with Crippen LogP contribution in [0.15, 0.2) is 42.9 Å². The summed E-state index contributed by atoms with van der Waals surface area (Å²) in [5.41, 5.74) is 2.25. The van der Waals surface area contributed by atoms with Gasteiger partial charge in [-0.1, -0.05) is 23.7 Å². The summed E-state index contributed by atoms with van der Waals surface area (Å²) < 4.78 is 26.8. The summed E-state index contributed by atoms with van der Waals surface area (Å²) in [7, 11) is -4.09. The third-order valence-electron chi connectivity index (χ3n) is 5.84. The van der Waals surface area contributed by atoms with E-state index in [9.17, 15) is 18.3 Å². The number of benzene rings is 1. The predicted molar refractivity (Wildman–Crippen MR) is 134 cm³/mol. The highest BCUT2D eigenvalue weighted by Crippen LogP contribution is 2.32. The second-order valence-electron chi connectivity index (χ2n) is 8.56. The summed E-state index contributed by atoms with van der Waals surface area (Å²) in [6, 6.07) is 9.38. The average molecular weight is 537 g/mol. The van der Waals surface area contributed by atoms with Crippen molar-refractivity contribution in [1.29, 1.82) is 0 Å². The molecule has 35 heavy (non-hydrogen) atoms. The molecule has 1 aliphatic rings. The van der Waals surface area contributed by atoms with Crippen molar-refractivity contribution in [3.63, 3.8) is 0 Å². The van der Waals surface area contributed by atoms with Crippen molar-refractivity contribution >= 4 is 44.8 Å². The van der Waals surface area contributed by atoms with Gasteiger partial charge >= 0.3 is 10.3 Å². The second kappa shape index (κ2) is 10.7. The molecule has 1 aliphatic carbocycles. The molecule has 2 heterocycles. The van der Waals surface area contributed by atoms with E-state index in [1.807, 2.05) is 37.3 Å². The van der Waals surface area contributed by atoms with Gasteiger partial charge in [0.1, 0.15) is 12.1 Å². The Labute approximate surface area is 212 Å². The van der Waals surface area contributed by atoms with E-state index in [1.54, 1.807) is 0 Å². The molecule has 0 radical (unpaired) electrons. The molecule has 0 bridgehead atoms. The Kier molecular flexibility index (Phi) is 7.84. The number of aryl methyl sites for hydroxylation is 1. The highest BCUT2D eigenvalue weighted by Gasteiger charge is 2.35. The standard InChI is InChI=1S/C23H25ClN4O5S2/c1-13-5-18(7-14-3-2-4-16(24)6-14)34-22(13)21(30)19-10-26-12-27-23(19)28-17-8-15(20(29)9-17)11-33-35(25,31)32/h2-6,10,12,15,17,20,29H,7-9,11H2,1H3,(H2,25,31,32)(H,26,27,28)/t15-,17-,20+/m1/s1. The zero-order valence-electron chi connectivity index (χ0n) is 18.8. The molecule has 0 aliphatic heterocycles. The van der Waals surface area contributed by atoms with E-state index in [0.29, 0.717) is 40.5 Å². The summed E-state index contributed by atoms with van der Waals surface area (Å²) in [4.78, 5) is 23.4. The number of hydrogen-bond donors (Lipinski definition) is 3. The minimum Gasteiger partial charge on any atom is -0.393 e. The van der Waals surface area contributed by atoms with Crippen molar-refractivity contribution in [3.05, 3.63) is 74.3 Å². The zero-order chi connectivity index (χ0) is 25.2. The third-order valence-corrected chi connectivity index (χ3v) is 7.78. The van der Waals surface area contributed by atoms with Gasteiger partial charge < -0.3 is 10.4 Å². The van der Waals surface area contributed by atoms with E-state index in [-0.39, 0.29) is 18.4 Å². The Bertz CT molecular complexity index is 1330. The lowest BCUT2D eigenvalue weighted by Crippen LogP contribution is -2.24. The van der Waals surface area contributed by atoms with Gasteiger partial charge in [-0.25, -0.2) is 15.1 Å². The first kappa shape index (κ1) is 25.7. The van der Waals surface area contributed by atoms with Gasteiger partial charge in [0.25, 0.3) is 0 Å². The number of nitrogens with one attached hydrogen (secondary N) is 1. The average Bonchev–Trinajstić information content (AvgIpc) is 3.33. The van der Waals surface area contributed by atoms with Crippen LogP contribution in [0.1, 0.15) is 44.1 Å². The van der Waals surface area contributed by atoms with Crippen LogP contribution in [0.2, 0.25) is 5.02 Å². The highest BCUT2D eigenvalue weighted by atomic mass is 35.5. The van der Waals surface area contributed by atoms with Gasteiger partial charge in [-0.2, -0.15) is 8.42 Å². The first-order valence-electron chi connectivity index (χ1n) is 10.9. The molecule has 0 amide bonds. The van der Waals surface area contributed by atoms with Gasteiger partial charge in [-0.3, -0.25) is 8.98 Å². The van der Waals surface area contributed by atoms with Gasteiger partial charge in [0.2, 0.25) is 5.78 Å². The van der Waals surface area contributed by atoms with Gasteiger partial charge in [0.15, 0.2) is 0 Å². The first-order valence-corrected chi connectivity index (χ1v) is 13.6. The van der Waals surface area contributed by atoms with Crippen molar-refractivity contribution in [2.75, 3.05) is 11.9 Å². The topological polar surface area (TPSA) is 144 Å². The van der Waals surface area contributed by atoms with Gasteiger partial charge in [-0.15, -0.1) is 11.3 Å². The maximum Gasteiger partial charge on any atom is 0.333 e. The van der Waals surface area contributed by atoms with E-state index >= 15 is 0 Å². The number of nitrogens with zero attached hydrogens (tertiary/aromatic N) is 2. The van der Waals surface area contributed by atoms with Crippen LogP contribution in [0, 0.1) is 12.8 Å². The number of aliphatic hydroxyl groups is 1. The van der Waals surface area contributed by atoms with Crippen molar-refractivity contribution in [2.24, 2.45) is 11.1 Å². The Morgan fingerprint density at radius 1 is 1.34 bits per heavy atom. The number of ketones is 1. The maximum absolute atomic E-state index is 13.4. The highest BCUT2D eigenvalue weighted by molar-refractivity contribution is 7.84. The summed E-state index contributed by atoms with van der Waals surface area (Å²) in [5, 5.41) is 19.1. The Morgan fingerprint density at radius 2 is 2.14 bits per heavy atom. The molecule has 0 saturated heterocycles. The number of anilines is 1. The minimum absolute atomic E-state index is 0.194. The molecule has 2 aromatic heterocycles. The molecule has 4 N–H and O–H groups in total. The molecule has 1 aromatic carbocycles. The largest absolute Gasteiger partial charge is 0.393 e. The van der Waals surface area contributed by atoms with Crippen LogP contribution in [0.4, 0.5) is 5.82 Å². The lowest BCUT2D eigenvalue weighted by Gasteiger charge is -2.15. The van der Waals surface area contributed by atoms with Gasteiger partial charge in [0.05, 0.1) is 23.2 Å². The van der Waals surface area contributed by atoms with Crippen LogP contribution in [0.3, 0.4) is 0 Å².